The van der Waals surface area contributed by atoms with Crippen LogP contribution in [0.1, 0.15) is 25.0 Å². The Hall–Kier alpha value is -2.80. The van der Waals surface area contributed by atoms with Crippen LogP contribution in [0.3, 0.4) is 0 Å². The molecule has 158 valence electrons. The lowest BCUT2D eigenvalue weighted by atomic mass is 10.1. The smallest absolute Gasteiger partial charge is 0.419 e. The minimum atomic E-state index is -0.596. The molecule has 0 bridgehead atoms. The quantitative estimate of drug-likeness (QED) is 0.311. The van der Waals surface area contributed by atoms with E-state index in [4.69, 9.17) is 32.7 Å². The molecule has 31 heavy (non-hydrogen) atoms. The van der Waals surface area contributed by atoms with Crippen molar-refractivity contribution in [1.29, 1.82) is 0 Å². The first-order valence-corrected chi connectivity index (χ1v) is 11.2. The SMILES string of the molecule is CCC(Oc1ccc2nc(OC(=O)Nc3ccccc3)sc2c1)c1c(Cl)cccc1Cl. The van der Waals surface area contributed by atoms with E-state index in [0.717, 1.165) is 10.3 Å². The molecule has 5 nitrogen and oxygen atoms in total. The van der Waals surface area contributed by atoms with Gasteiger partial charge in [0.05, 0.1) is 10.2 Å². The number of para-hydroxylation sites is 1. The summed E-state index contributed by atoms with van der Waals surface area (Å²) in [6.07, 6.45) is -0.196. The summed E-state index contributed by atoms with van der Waals surface area (Å²) in [7, 11) is 0. The van der Waals surface area contributed by atoms with Gasteiger partial charge in [-0.15, -0.1) is 0 Å². The summed E-state index contributed by atoms with van der Waals surface area (Å²) < 4.78 is 12.3. The number of amides is 1. The topological polar surface area (TPSA) is 60.5 Å². The molecule has 0 saturated heterocycles. The van der Waals surface area contributed by atoms with Crippen molar-refractivity contribution in [3.63, 3.8) is 0 Å². The summed E-state index contributed by atoms with van der Waals surface area (Å²) in [5.41, 5.74) is 2.12. The molecule has 0 spiro atoms. The molecule has 0 radical (unpaired) electrons. The van der Waals surface area contributed by atoms with Gasteiger partial charge in [0.2, 0.25) is 0 Å². The number of nitrogens with one attached hydrogen (secondary N) is 1. The van der Waals surface area contributed by atoms with E-state index in [2.05, 4.69) is 10.3 Å². The van der Waals surface area contributed by atoms with E-state index in [1.165, 1.54) is 11.3 Å². The molecule has 1 heterocycles. The van der Waals surface area contributed by atoms with Crippen LogP contribution in [-0.2, 0) is 0 Å². The number of thiazole rings is 1. The van der Waals surface area contributed by atoms with Gasteiger partial charge in [-0.2, -0.15) is 0 Å². The second kappa shape index (κ2) is 9.56. The Morgan fingerprint density at radius 3 is 2.52 bits per heavy atom. The Bertz CT molecular complexity index is 1190. The highest BCUT2D eigenvalue weighted by Gasteiger charge is 2.19. The van der Waals surface area contributed by atoms with Crippen LogP contribution < -0.4 is 14.8 Å². The predicted molar refractivity (Wildman–Crippen MR) is 126 cm³/mol. The highest BCUT2D eigenvalue weighted by molar-refractivity contribution is 7.20. The molecule has 0 aliphatic rings. The summed E-state index contributed by atoms with van der Waals surface area (Å²) in [5, 5.41) is 4.05. The van der Waals surface area contributed by atoms with E-state index < -0.39 is 6.09 Å². The van der Waals surface area contributed by atoms with Crippen molar-refractivity contribution < 1.29 is 14.3 Å². The lowest BCUT2D eigenvalue weighted by Gasteiger charge is -2.20. The first-order chi connectivity index (χ1) is 15.0. The standard InChI is InChI=1S/C23H18Cl2N2O3S/c1-2-19(21-16(24)9-6-10-17(21)25)29-15-11-12-18-20(13-15)31-23(27-18)30-22(28)26-14-7-4-3-5-8-14/h3-13,19H,2H2,1H3,(H,26,28). The molecule has 3 aromatic carbocycles. The fourth-order valence-corrected chi connectivity index (χ4v) is 4.56. The van der Waals surface area contributed by atoms with Crippen LogP contribution in [0.5, 0.6) is 10.9 Å². The summed E-state index contributed by atoms with van der Waals surface area (Å²) in [4.78, 5) is 16.5. The average molecular weight is 473 g/mol. The molecule has 4 aromatic rings. The number of ether oxygens (including phenoxy) is 2. The molecule has 0 aliphatic heterocycles. The Kier molecular flexibility index (Phi) is 6.61. The van der Waals surface area contributed by atoms with Crippen molar-refractivity contribution in [2.75, 3.05) is 5.32 Å². The van der Waals surface area contributed by atoms with Crippen molar-refractivity contribution in [2.24, 2.45) is 0 Å². The number of anilines is 1. The van der Waals surface area contributed by atoms with Crippen molar-refractivity contribution in [1.82, 2.24) is 4.98 Å². The number of carbonyl (C=O) groups is 1. The summed E-state index contributed by atoms with van der Waals surface area (Å²) in [5.74, 6) is 0.652. The molecule has 0 aliphatic carbocycles. The minimum absolute atomic E-state index is 0.252. The number of nitrogens with zero attached hydrogens (tertiary/aromatic N) is 1. The van der Waals surface area contributed by atoms with E-state index in [0.29, 0.717) is 33.4 Å². The number of halogens is 2. The average Bonchev–Trinajstić information content (AvgIpc) is 3.14. The Balaban J connectivity index is 1.50. The summed E-state index contributed by atoms with van der Waals surface area (Å²) in [6.45, 7) is 2.01. The zero-order valence-corrected chi connectivity index (χ0v) is 18.8. The van der Waals surface area contributed by atoms with Gasteiger partial charge in [-0.05, 0) is 48.9 Å². The third-order valence-corrected chi connectivity index (χ3v) is 6.07. The lowest BCUT2D eigenvalue weighted by molar-refractivity contribution is 0.202. The van der Waals surface area contributed by atoms with E-state index in [1.54, 1.807) is 30.3 Å². The van der Waals surface area contributed by atoms with Crippen molar-refractivity contribution in [2.45, 2.75) is 19.4 Å². The van der Waals surface area contributed by atoms with Crippen LogP contribution in [0.4, 0.5) is 10.5 Å². The van der Waals surface area contributed by atoms with Crippen molar-refractivity contribution in [3.8, 4) is 10.9 Å². The molecular formula is C23H18Cl2N2O3S. The third-order valence-electron chi connectivity index (χ3n) is 4.51. The van der Waals surface area contributed by atoms with Crippen molar-refractivity contribution in [3.05, 3.63) is 82.3 Å². The highest BCUT2D eigenvalue weighted by Crippen LogP contribution is 2.37. The van der Waals surface area contributed by atoms with Gasteiger partial charge in [0.15, 0.2) is 0 Å². The van der Waals surface area contributed by atoms with Gasteiger partial charge in [-0.1, -0.05) is 65.7 Å². The number of benzene rings is 3. The monoisotopic (exact) mass is 472 g/mol. The van der Waals surface area contributed by atoms with E-state index in [1.807, 2.05) is 43.3 Å². The number of fused-ring (bicyclic) bond motifs is 1. The van der Waals surface area contributed by atoms with E-state index >= 15 is 0 Å². The summed E-state index contributed by atoms with van der Waals surface area (Å²) >= 11 is 14.0. The second-order valence-electron chi connectivity index (χ2n) is 6.64. The minimum Gasteiger partial charge on any atom is -0.486 e. The van der Waals surface area contributed by atoms with Crippen LogP contribution in [0, 0.1) is 0 Å². The van der Waals surface area contributed by atoms with Crippen LogP contribution in [-0.4, -0.2) is 11.1 Å². The van der Waals surface area contributed by atoms with Gasteiger partial charge in [0, 0.05) is 21.3 Å². The number of rotatable bonds is 6. The number of hydrogen-bond acceptors (Lipinski definition) is 5. The van der Waals surface area contributed by atoms with E-state index in [-0.39, 0.29) is 11.3 Å². The van der Waals surface area contributed by atoms with Gasteiger partial charge < -0.3 is 9.47 Å². The van der Waals surface area contributed by atoms with Crippen LogP contribution in [0.25, 0.3) is 10.2 Å². The lowest BCUT2D eigenvalue weighted by Crippen LogP contribution is -2.16. The maximum atomic E-state index is 12.1. The van der Waals surface area contributed by atoms with Crippen LogP contribution in [0.15, 0.2) is 66.7 Å². The molecule has 1 unspecified atom stereocenters. The molecule has 1 N–H and O–H groups in total. The maximum Gasteiger partial charge on any atom is 0.419 e. The molecular weight excluding hydrogens is 455 g/mol. The Morgan fingerprint density at radius 2 is 1.81 bits per heavy atom. The molecule has 8 heteroatoms. The van der Waals surface area contributed by atoms with E-state index in [9.17, 15) is 4.79 Å². The number of aromatic nitrogens is 1. The third kappa shape index (κ3) is 5.10. The largest absolute Gasteiger partial charge is 0.486 e. The molecule has 0 fully saturated rings. The molecule has 1 aromatic heterocycles. The van der Waals surface area contributed by atoms with Gasteiger partial charge in [-0.3, -0.25) is 5.32 Å². The van der Waals surface area contributed by atoms with Crippen molar-refractivity contribution >= 4 is 56.5 Å². The second-order valence-corrected chi connectivity index (χ2v) is 8.45. The normalized spacial score (nSPS) is 11.8. The molecule has 1 amide bonds. The first-order valence-electron chi connectivity index (χ1n) is 9.58. The highest BCUT2D eigenvalue weighted by atomic mass is 35.5. The fraction of sp³-hybridized carbons (Fsp3) is 0.130. The zero-order valence-electron chi connectivity index (χ0n) is 16.5. The summed E-state index contributed by atoms with van der Waals surface area (Å²) in [6, 6.07) is 20.0. The zero-order chi connectivity index (χ0) is 21.8. The Morgan fingerprint density at radius 1 is 1.06 bits per heavy atom. The predicted octanol–water partition coefficient (Wildman–Crippen LogP) is 7.74. The van der Waals surface area contributed by atoms with Gasteiger partial charge in [0.1, 0.15) is 11.9 Å². The maximum absolute atomic E-state index is 12.1. The molecule has 0 saturated carbocycles. The fourth-order valence-electron chi connectivity index (χ4n) is 3.07. The van der Waals surface area contributed by atoms with Crippen LogP contribution in [0.2, 0.25) is 10.0 Å². The number of carbonyl (C=O) groups excluding carboxylic acids is 1. The Labute approximate surface area is 193 Å². The first kappa shape index (κ1) is 21.4. The molecule has 1 atom stereocenters. The number of hydrogen-bond donors (Lipinski definition) is 1. The van der Waals surface area contributed by atoms with Gasteiger partial charge in [-0.25, -0.2) is 9.78 Å². The van der Waals surface area contributed by atoms with Gasteiger partial charge in [0.25, 0.3) is 5.19 Å². The van der Waals surface area contributed by atoms with Gasteiger partial charge >= 0.3 is 6.09 Å². The molecule has 4 rings (SSSR count). The van der Waals surface area contributed by atoms with Crippen LogP contribution >= 0.6 is 34.5 Å².